The summed E-state index contributed by atoms with van der Waals surface area (Å²) in [6, 6.07) is 5.59. The van der Waals surface area contributed by atoms with Gasteiger partial charge in [-0.15, -0.1) is 0 Å². The van der Waals surface area contributed by atoms with Crippen molar-refractivity contribution in [2.24, 2.45) is 0 Å². The van der Waals surface area contributed by atoms with E-state index in [0.717, 1.165) is 41.8 Å². The molecule has 5 nitrogen and oxygen atoms in total. The summed E-state index contributed by atoms with van der Waals surface area (Å²) in [6.07, 6.45) is 5.32. The molecule has 0 radical (unpaired) electrons. The third kappa shape index (κ3) is 3.73. The number of H-pyrrole nitrogens is 1. The van der Waals surface area contributed by atoms with Gasteiger partial charge in [0.05, 0.1) is 18.7 Å². The van der Waals surface area contributed by atoms with Crippen molar-refractivity contribution in [3.8, 4) is 5.75 Å². The maximum atomic E-state index is 12.5. The number of aryl methyl sites for hydroxylation is 1. The Morgan fingerprint density at radius 3 is 3.21 bits per heavy atom. The summed E-state index contributed by atoms with van der Waals surface area (Å²) in [5.41, 5.74) is 3.14. The molecule has 2 N–H and O–H groups in total. The predicted octanol–water partition coefficient (Wildman–Crippen LogP) is 3.24. The first-order valence-electron chi connectivity index (χ1n) is 8.40. The predicted molar refractivity (Wildman–Crippen MR) is 93.6 cm³/mol. The van der Waals surface area contributed by atoms with Gasteiger partial charge in [-0.2, -0.15) is 5.10 Å². The number of hydrogen-bond acceptors (Lipinski definition) is 3. The lowest BCUT2D eigenvalue weighted by atomic mass is 9.86. The van der Waals surface area contributed by atoms with Gasteiger partial charge in [0.15, 0.2) is 0 Å². The zero-order chi connectivity index (χ0) is 16.9. The van der Waals surface area contributed by atoms with E-state index in [0.29, 0.717) is 24.6 Å². The number of carbonyl (C=O) groups excluding carboxylic acids is 1. The summed E-state index contributed by atoms with van der Waals surface area (Å²) < 4.78 is 5.62. The van der Waals surface area contributed by atoms with Crippen LogP contribution in [0.15, 0.2) is 24.4 Å². The minimum absolute atomic E-state index is 0.0670. The van der Waals surface area contributed by atoms with Crippen molar-refractivity contribution >= 4 is 17.5 Å². The molecule has 1 unspecified atom stereocenters. The van der Waals surface area contributed by atoms with Crippen molar-refractivity contribution < 1.29 is 9.53 Å². The smallest absolute Gasteiger partial charge is 0.227 e. The van der Waals surface area contributed by atoms with Crippen LogP contribution in [0, 0.1) is 0 Å². The van der Waals surface area contributed by atoms with Crippen molar-refractivity contribution in [2.45, 2.75) is 38.5 Å². The highest BCUT2D eigenvalue weighted by Gasteiger charge is 2.27. The van der Waals surface area contributed by atoms with Gasteiger partial charge in [-0.1, -0.05) is 11.6 Å². The molecule has 1 aromatic carbocycles. The van der Waals surface area contributed by atoms with Crippen LogP contribution in [0.5, 0.6) is 5.75 Å². The molecule has 1 amide bonds. The molecule has 128 valence electrons. The third-order valence-electron chi connectivity index (χ3n) is 4.38. The van der Waals surface area contributed by atoms with Gasteiger partial charge in [0.25, 0.3) is 0 Å². The lowest BCUT2D eigenvalue weighted by molar-refractivity contribution is -0.122. The highest BCUT2D eigenvalue weighted by atomic mass is 35.5. The number of nitrogens with zero attached hydrogens (tertiary/aromatic N) is 1. The average molecular weight is 348 g/mol. The van der Waals surface area contributed by atoms with Crippen LogP contribution >= 0.6 is 11.6 Å². The largest absolute Gasteiger partial charge is 0.494 e. The molecule has 1 aliphatic carbocycles. The van der Waals surface area contributed by atoms with Crippen LogP contribution in [0.25, 0.3) is 0 Å². The van der Waals surface area contributed by atoms with E-state index in [1.54, 1.807) is 6.20 Å². The van der Waals surface area contributed by atoms with Crippen molar-refractivity contribution in [3.63, 3.8) is 0 Å². The summed E-state index contributed by atoms with van der Waals surface area (Å²) >= 11 is 6.07. The van der Waals surface area contributed by atoms with Crippen LogP contribution in [0.1, 0.15) is 42.5 Å². The molecule has 0 saturated heterocycles. The summed E-state index contributed by atoms with van der Waals surface area (Å²) in [4.78, 5) is 12.5. The first kappa shape index (κ1) is 16.8. The van der Waals surface area contributed by atoms with Crippen LogP contribution < -0.4 is 10.1 Å². The van der Waals surface area contributed by atoms with Gasteiger partial charge < -0.3 is 10.1 Å². The third-order valence-corrected chi connectivity index (χ3v) is 4.61. The molecule has 1 aromatic heterocycles. The molecule has 3 rings (SSSR count). The van der Waals surface area contributed by atoms with Gasteiger partial charge in [0.1, 0.15) is 5.75 Å². The van der Waals surface area contributed by atoms with E-state index in [9.17, 15) is 4.79 Å². The van der Waals surface area contributed by atoms with Crippen LogP contribution in [-0.2, 0) is 17.6 Å². The number of ether oxygens (including phenoxy) is 1. The van der Waals surface area contributed by atoms with Crippen molar-refractivity contribution in [1.82, 2.24) is 15.5 Å². The number of halogens is 1. The normalized spacial score (nSPS) is 16.5. The molecule has 0 saturated carbocycles. The van der Waals surface area contributed by atoms with E-state index in [1.807, 2.05) is 25.1 Å². The number of nitrogens with one attached hydrogen (secondary N) is 2. The Labute approximate surface area is 146 Å². The Kier molecular flexibility index (Phi) is 5.41. The van der Waals surface area contributed by atoms with Gasteiger partial charge >= 0.3 is 0 Å². The van der Waals surface area contributed by atoms with Crippen LogP contribution in [0.4, 0.5) is 0 Å². The Balaban J connectivity index is 1.59. The second kappa shape index (κ2) is 7.71. The highest BCUT2D eigenvalue weighted by Crippen LogP contribution is 2.30. The molecule has 0 aliphatic heterocycles. The minimum Gasteiger partial charge on any atom is -0.494 e. The Hall–Kier alpha value is -2.01. The fourth-order valence-electron chi connectivity index (χ4n) is 3.22. The fourth-order valence-corrected chi connectivity index (χ4v) is 3.41. The Bertz CT molecular complexity index is 714. The molecular formula is C18H22ClN3O2. The van der Waals surface area contributed by atoms with E-state index in [1.165, 1.54) is 0 Å². The molecule has 0 spiro atoms. The molecule has 0 bridgehead atoms. The van der Waals surface area contributed by atoms with E-state index in [4.69, 9.17) is 16.3 Å². The molecule has 1 atom stereocenters. The molecular weight excluding hydrogens is 326 g/mol. The number of aromatic amines is 1. The SMILES string of the molecule is CCOc1ccc(Cl)cc1CCNC(=O)C1CCCc2[nH]ncc21. The molecule has 1 heterocycles. The molecule has 6 heteroatoms. The van der Waals surface area contributed by atoms with Gasteiger partial charge in [-0.05, 0) is 56.4 Å². The zero-order valence-electron chi connectivity index (χ0n) is 13.8. The number of fused-ring (bicyclic) bond motifs is 1. The summed E-state index contributed by atoms with van der Waals surface area (Å²) in [5.74, 6) is 0.793. The number of carbonyl (C=O) groups is 1. The molecule has 24 heavy (non-hydrogen) atoms. The van der Waals surface area contributed by atoms with E-state index in [-0.39, 0.29) is 11.8 Å². The van der Waals surface area contributed by atoms with E-state index >= 15 is 0 Å². The van der Waals surface area contributed by atoms with Gasteiger partial charge in [-0.25, -0.2) is 0 Å². The van der Waals surface area contributed by atoms with E-state index < -0.39 is 0 Å². The lowest BCUT2D eigenvalue weighted by Crippen LogP contribution is -2.32. The molecule has 2 aromatic rings. The van der Waals surface area contributed by atoms with Gasteiger partial charge in [0, 0.05) is 22.8 Å². The first-order valence-corrected chi connectivity index (χ1v) is 8.78. The van der Waals surface area contributed by atoms with Crippen molar-refractivity contribution in [3.05, 3.63) is 46.2 Å². The van der Waals surface area contributed by atoms with Crippen LogP contribution in [0.2, 0.25) is 5.02 Å². The van der Waals surface area contributed by atoms with Gasteiger partial charge in [-0.3, -0.25) is 9.89 Å². The van der Waals surface area contributed by atoms with E-state index in [2.05, 4.69) is 15.5 Å². The minimum atomic E-state index is -0.0989. The second-order valence-corrected chi connectivity index (χ2v) is 6.41. The summed E-state index contributed by atoms with van der Waals surface area (Å²) in [7, 11) is 0. The first-order chi connectivity index (χ1) is 11.7. The quantitative estimate of drug-likeness (QED) is 0.843. The number of benzene rings is 1. The zero-order valence-corrected chi connectivity index (χ0v) is 14.5. The summed E-state index contributed by atoms with van der Waals surface area (Å²) in [6.45, 7) is 3.11. The van der Waals surface area contributed by atoms with Crippen molar-refractivity contribution in [1.29, 1.82) is 0 Å². The highest BCUT2D eigenvalue weighted by molar-refractivity contribution is 6.30. The maximum Gasteiger partial charge on any atom is 0.227 e. The van der Waals surface area contributed by atoms with Crippen molar-refractivity contribution in [2.75, 3.05) is 13.2 Å². The monoisotopic (exact) mass is 347 g/mol. The van der Waals surface area contributed by atoms with Crippen LogP contribution in [0.3, 0.4) is 0 Å². The number of hydrogen-bond donors (Lipinski definition) is 2. The maximum absolute atomic E-state index is 12.5. The molecule has 0 fully saturated rings. The summed E-state index contributed by atoms with van der Waals surface area (Å²) in [5, 5.41) is 10.8. The standard InChI is InChI=1S/C18H22ClN3O2/c1-2-24-17-7-6-13(19)10-12(17)8-9-20-18(23)14-4-3-5-16-15(14)11-21-22-16/h6-7,10-11,14H,2-5,8-9H2,1H3,(H,20,23)(H,21,22). The number of amides is 1. The second-order valence-electron chi connectivity index (χ2n) is 5.97. The number of rotatable bonds is 6. The average Bonchev–Trinajstić information content (AvgIpc) is 3.05. The van der Waals surface area contributed by atoms with Gasteiger partial charge in [0.2, 0.25) is 5.91 Å². The lowest BCUT2D eigenvalue weighted by Gasteiger charge is -2.21. The van der Waals surface area contributed by atoms with Crippen LogP contribution in [-0.4, -0.2) is 29.3 Å². The Morgan fingerprint density at radius 1 is 1.50 bits per heavy atom. The Morgan fingerprint density at radius 2 is 2.38 bits per heavy atom. The molecule has 1 aliphatic rings. The number of aromatic nitrogens is 2. The fraction of sp³-hybridized carbons (Fsp3) is 0.444. The topological polar surface area (TPSA) is 67.0 Å².